The molecule has 0 saturated heterocycles. The zero-order chi connectivity index (χ0) is 26.0. The maximum absolute atomic E-state index is 11.4. The lowest BCUT2D eigenvalue weighted by molar-refractivity contribution is -0.137. The molecule has 5 rings (SSSR count). The highest BCUT2D eigenvalue weighted by Crippen LogP contribution is 2.51. The predicted octanol–water partition coefficient (Wildman–Crippen LogP) is 8.20. The first kappa shape index (κ1) is 25.4. The van der Waals surface area contributed by atoms with E-state index < -0.39 is 5.97 Å². The molecule has 0 unspecified atom stereocenters. The molecular formula is C33H38O4. The fraction of sp³-hybridized carbons (Fsp3) is 0.424. The van der Waals surface area contributed by atoms with E-state index in [1.807, 2.05) is 30.3 Å². The van der Waals surface area contributed by atoms with Gasteiger partial charge in [0, 0.05) is 0 Å². The van der Waals surface area contributed by atoms with Crippen LogP contribution >= 0.6 is 0 Å². The summed E-state index contributed by atoms with van der Waals surface area (Å²) in [5.74, 6) is 1.98. The minimum absolute atomic E-state index is 0.0689. The molecule has 3 aromatic rings. The predicted molar refractivity (Wildman–Crippen MR) is 147 cm³/mol. The highest BCUT2D eigenvalue weighted by atomic mass is 16.5. The zero-order valence-electron chi connectivity index (χ0n) is 22.2. The third-order valence-electron chi connectivity index (χ3n) is 8.41. The average Bonchev–Trinajstić information content (AvgIpc) is 3.68. The van der Waals surface area contributed by atoms with E-state index in [1.165, 1.54) is 36.0 Å². The minimum atomic E-state index is -0.735. The van der Waals surface area contributed by atoms with Gasteiger partial charge in [-0.1, -0.05) is 62.7 Å². The molecule has 0 spiro atoms. The Kier molecular flexibility index (Phi) is 7.28. The van der Waals surface area contributed by atoms with Gasteiger partial charge in [0.2, 0.25) is 0 Å². The summed E-state index contributed by atoms with van der Waals surface area (Å²) in [7, 11) is 1.71. The second-order valence-corrected chi connectivity index (χ2v) is 11.5. The summed E-state index contributed by atoms with van der Waals surface area (Å²) in [5.41, 5.74) is 6.32. The topological polar surface area (TPSA) is 55.8 Å². The molecule has 2 saturated carbocycles. The Morgan fingerprint density at radius 1 is 1.00 bits per heavy atom. The number of benzene rings is 3. The number of aliphatic carboxylic acids is 1. The van der Waals surface area contributed by atoms with Gasteiger partial charge >= 0.3 is 5.97 Å². The van der Waals surface area contributed by atoms with Crippen LogP contribution in [0.4, 0.5) is 0 Å². The molecule has 0 aliphatic heterocycles. The summed E-state index contributed by atoms with van der Waals surface area (Å²) < 4.78 is 11.8. The Morgan fingerprint density at radius 3 is 2.49 bits per heavy atom. The van der Waals surface area contributed by atoms with Gasteiger partial charge in [0.1, 0.15) is 18.1 Å². The Bertz CT molecular complexity index is 1260. The standard InChI is InChI=1S/C33H38O4/c1-33(2)16-6-11-31(33)30-17-22(12-15-28(30)24-7-4-9-26(18-24)36-3)21-37-27-10-5-8-25(19-27)29(20-32(34)35)23-13-14-23/h4-5,7-10,12,15,17-19,23,29,31H,6,11,13-14,16,20-21H2,1-3H3,(H,34,35)/t29-,31-/m0/s1. The lowest BCUT2D eigenvalue weighted by atomic mass is 9.75. The lowest BCUT2D eigenvalue weighted by Gasteiger charge is -2.30. The first-order valence-electron chi connectivity index (χ1n) is 13.6. The van der Waals surface area contributed by atoms with Gasteiger partial charge in [-0.15, -0.1) is 0 Å². The second kappa shape index (κ2) is 10.6. The van der Waals surface area contributed by atoms with Gasteiger partial charge in [-0.2, -0.15) is 0 Å². The molecule has 0 radical (unpaired) electrons. The van der Waals surface area contributed by atoms with Crippen LogP contribution in [0.15, 0.2) is 66.7 Å². The van der Waals surface area contributed by atoms with Crippen molar-refractivity contribution in [1.29, 1.82) is 0 Å². The molecule has 0 heterocycles. The molecule has 0 aromatic heterocycles. The van der Waals surface area contributed by atoms with Crippen molar-refractivity contribution in [2.45, 2.75) is 70.8 Å². The average molecular weight is 499 g/mol. The summed E-state index contributed by atoms with van der Waals surface area (Å²) in [6, 6.07) is 23.1. The first-order valence-corrected chi connectivity index (χ1v) is 13.6. The van der Waals surface area contributed by atoms with Crippen LogP contribution in [0, 0.1) is 11.3 Å². The fourth-order valence-electron chi connectivity index (χ4n) is 6.19. The molecule has 3 aromatic carbocycles. The maximum Gasteiger partial charge on any atom is 0.303 e. The van der Waals surface area contributed by atoms with Crippen LogP contribution in [-0.4, -0.2) is 18.2 Å². The van der Waals surface area contributed by atoms with Crippen molar-refractivity contribution in [2.24, 2.45) is 11.3 Å². The third-order valence-corrected chi connectivity index (χ3v) is 8.41. The van der Waals surface area contributed by atoms with Crippen molar-refractivity contribution in [2.75, 3.05) is 7.11 Å². The molecule has 2 atom stereocenters. The van der Waals surface area contributed by atoms with Crippen molar-refractivity contribution in [3.63, 3.8) is 0 Å². The molecule has 2 aliphatic carbocycles. The molecule has 194 valence electrons. The van der Waals surface area contributed by atoms with Crippen LogP contribution in [0.1, 0.15) is 80.9 Å². The fourth-order valence-corrected chi connectivity index (χ4v) is 6.19. The van der Waals surface area contributed by atoms with Gasteiger partial charge in [-0.05, 0) is 101 Å². The molecule has 37 heavy (non-hydrogen) atoms. The molecule has 0 bridgehead atoms. The van der Waals surface area contributed by atoms with Crippen LogP contribution < -0.4 is 9.47 Å². The summed E-state index contributed by atoms with van der Waals surface area (Å²) in [5, 5.41) is 9.39. The number of carboxylic acids is 1. The first-order chi connectivity index (χ1) is 17.8. The molecule has 4 nitrogen and oxygen atoms in total. The monoisotopic (exact) mass is 498 g/mol. The van der Waals surface area contributed by atoms with E-state index in [-0.39, 0.29) is 17.8 Å². The molecule has 0 amide bonds. The second-order valence-electron chi connectivity index (χ2n) is 11.5. The summed E-state index contributed by atoms with van der Waals surface area (Å²) in [6.07, 6.45) is 6.09. The van der Waals surface area contributed by atoms with Gasteiger partial charge < -0.3 is 14.6 Å². The van der Waals surface area contributed by atoms with Gasteiger partial charge in [0.25, 0.3) is 0 Å². The summed E-state index contributed by atoms with van der Waals surface area (Å²) in [6.45, 7) is 5.26. The number of hydrogen-bond donors (Lipinski definition) is 1. The minimum Gasteiger partial charge on any atom is -0.497 e. The van der Waals surface area contributed by atoms with Crippen LogP contribution in [0.3, 0.4) is 0 Å². The Balaban J connectivity index is 1.40. The number of carboxylic acid groups (broad SMARTS) is 1. The number of carbonyl (C=O) groups is 1. The Hall–Kier alpha value is -3.27. The lowest BCUT2D eigenvalue weighted by Crippen LogP contribution is -2.16. The highest BCUT2D eigenvalue weighted by molar-refractivity contribution is 5.70. The Morgan fingerprint density at radius 2 is 1.78 bits per heavy atom. The third kappa shape index (κ3) is 5.84. The van der Waals surface area contributed by atoms with Crippen molar-refractivity contribution < 1.29 is 19.4 Å². The van der Waals surface area contributed by atoms with E-state index in [1.54, 1.807) is 7.11 Å². The smallest absolute Gasteiger partial charge is 0.303 e. The van der Waals surface area contributed by atoms with Crippen molar-refractivity contribution >= 4 is 5.97 Å². The van der Waals surface area contributed by atoms with E-state index in [9.17, 15) is 9.90 Å². The van der Waals surface area contributed by atoms with Crippen molar-refractivity contribution in [3.8, 4) is 22.6 Å². The number of rotatable bonds is 10. The quantitative estimate of drug-likeness (QED) is 0.306. The van der Waals surface area contributed by atoms with E-state index >= 15 is 0 Å². The highest BCUT2D eigenvalue weighted by Gasteiger charge is 2.37. The van der Waals surface area contributed by atoms with E-state index in [0.717, 1.165) is 35.5 Å². The Labute approximate surface area is 220 Å². The summed E-state index contributed by atoms with van der Waals surface area (Å²) in [4.78, 5) is 11.4. The van der Waals surface area contributed by atoms with Crippen molar-refractivity contribution in [1.82, 2.24) is 0 Å². The van der Waals surface area contributed by atoms with E-state index in [4.69, 9.17) is 9.47 Å². The van der Waals surface area contributed by atoms with Gasteiger partial charge in [-0.3, -0.25) is 4.79 Å². The largest absolute Gasteiger partial charge is 0.497 e. The maximum atomic E-state index is 11.4. The summed E-state index contributed by atoms with van der Waals surface area (Å²) >= 11 is 0. The zero-order valence-corrected chi connectivity index (χ0v) is 22.2. The molecule has 2 aliphatic rings. The number of ether oxygens (including phenoxy) is 2. The van der Waals surface area contributed by atoms with Gasteiger partial charge in [-0.25, -0.2) is 0 Å². The van der Waals surface area contributed by atoms with Gasteiger partial charge in [0.05, 0.1) is 13.5 Å². The number of methoxy groups -OCH3 is 1. The van der Waals surface area contributed by atoms with Crippen molar-refractivity contribution in [3.05, 3.63) is 83.4 Å². The molecule has 1 N–H and O–H groups in total. The van der Waals surface area contributed by atoms with Crippen LogP contribution in [0.2, 0.25) is 0 Å². The van der Waals surface area contributed by atoms with E-state index in [0.29, 0.717) is 18.4 Å². The molecule has 2 fully saturated rings. The van der Waals surface area contributed by atoms with Gasteiger partial charge in [0.15, 0.2) is 0 Å². The van der Waals surface area contributed by atoms with Crippen LogP contribution in [0.25, 0.3) is 11.1 Å². The molecule has 4 heteroatoms. The normalized spacial score (nSPS) is 19.4. The molecular weight excluding hydrogens is 460 g/mol. The number of hydrogen-bond acceptors (Lipinski definition) is 3. The van der Waals surface area contributed by atoms with E-state index in [2.05, 4.69) is 50.2 Å². The van der Waals surface area contributed by atoms with Crippen LogP contribution in [-0.2, 0) is 11.4 Å². The SMILES string of the molecule is COc1cccc(-c2ccc(COc3cccc([C@@H](CC(=O)O)C4CC4)c3)cc2[C@@H]2CCCC2(C)C)c1. The van der Waals surface area contributed by atoms with Crippen LogP contribution in [0.5, 0.6) is 11.5 Å².